The summed E-state index contributed by atoms with van der Waals surface area (Å²) < 4.78 is 32.1. The molecule has 1 aromatic rings. The number of rotatable bonds is 7. The molecule has 0 fully saturated rings. The smallest absolute Gasteiger partial charge is 0.534 e. The van der Waals surface area contributed by atoms with Gasteiger partial charge in [-0.3, -0.25) is 4.79 Å². The monoisotopic (exact) mass is 384 g/mol. The largest absolute Gasteiger partial charge is 0.547 e. The van der Waals surface area contributed by atoms with Gasteiger partial charge in [-0.05, 0) is 31.4 Å². The van der Waals surface area contributed by atoms with Gasteiger partial charge in [0.05, 0.1) is 18.3 Å². The average molecular weight is 384 g/mol. The fourth-order valence-electron chi connectivity index (χ4n) is 2.63. The molecule has 26 heavy (non-hydrogen) atoms. The molecule has 11 heteroatoms. The summed E-state index contributed by atoms with van der Waals surface area (Å²) in [5.74, 6) is -1.76. The fraction of sp³-hybridized carbons (Fsp3) is 0.467. The van der Waals surface area contributed by atoms with Crippen LogP contribution in [0.4, 0.5) is 0 Å². The summed E-state index contributed by atoms with van der Waals surface area (Å²) in [5, 5.41) is 17.6. The van der Waals surface area contributed by atoms with Gasteiger partial charge in [0.25, 0.3) is 0 Å². The molecule has 0 saturated heterocycles. The van der Waals surface area contributed by atoms with Crippen molar-refractivity contribution in [2.75, 3.05) is 12.4 Å². The van der Waals surface area contributed by atoms with E-state index in [0.717, 1.165) is 0 Å². The molecule has 1 atom stereocenters. The number of benzene rings is 1. The van der Waals surface area contributed by atoms with Gasteiger partial charge in [0.2, 0.25) is 15.9 Å². The van der Waals surface area contributed by atoms with Crippen LogP contribution in [0.2, 0.25) is 0 Å². The zero-order valence-electron chi connectivity index (χ0n) is 14.3. The van der Waals surface area contributed by atoms with Gasteiger partial charge in [-0.2, -0.15) is 0 Å². The lowest BCUT2D eigenvalue weighted by molar-refractivity contribution is -0.121. The standard InChI is InChI=1S/C15H21BN2O7S/c1-2-24-15(20)11-6-3-5-10-9-12(16(21)25-14(10)11)18-13(19)7-4-8-26(17,22)23/h3,5-6,12,21H,2,4,7-9H2,1H3,(H,18,19)(H2,17,22,23)/t12-/m0/s1. The van der Waals surface area contributed by atoms with E-state index in [2.05, 4.69) is 5.32 Å². The number of esters is 1. The Morgan fingerprint density at radius 2 is 2.19 bits per heavy atom. The van der Waals surface area contributed by atoms with Gasteiger partial charge < -0.3 is 19.7 Å². The predicted octanol–water partition coefficient (Wildman–Crippen LogP) is -0.629. The second-order valence-electron chi connectivity index (χ2n) is 5.87. The first-order valence-electron chi connectivity index (χ1n) is 8.15. The maximum Gasteiger partial charge on any atom is 0.547 e. The Kier molecular flexibility index (Phi) is 6.62. The van der Waals surface area contributed by atoms with Gasteiger partial charge in [0.15, 0.2) is 0 Å². The number of hydrogen-bond donors (Lipinski definition) is 3. The van der Waals surface area contributed by atoms with Crippen LogP contribution in [0.3, 0.4) is 0 Å². The summed E-state index contributed by atoms with van der Waals surface area (Å²) in [4.78, 5) is 23.9. The van der Waals surface area contributed by atoms with Crippen LogP contribution in [0.25, 0.3) is 0 Å². The van der Waals surface area contributed by atoms with Crippen molar-refractivity contribution in [3.05, 3.63) is 29.3 Å². The number of primary sulfonamides is 1. The summed E-state index contributed by atoms with van der Waals surface area (Å²) in [7, 11) is -4.97. The molecule has 0 saturated carbocycles. The third-order valence-corrected chi connectivity index (χ3v) is 4.65. The lowest BCUT2D eigenvalue weighted by Gasteiger charge is -2.29. The quantitative estimate of drug-likeness (QED) is 0.419. The molecule has 1 aromatic carbocycles. The van der Waals surface area contributed by atoms with Crippen LogP contribution in [0.5, 0.6) is 5.75 Å². The van der Waals surface area contributed by atoms with E-state index in [0.29, 0.717) is 5.56 Å². The van der Waals surface area contributed by atoms with Gasteiger partial charge in [0, 0.05) is 6.42 Å². The second kappa shape index (κ2) is 8.52. The molecule has 2 rings (SSSR count). The van der Waals surface area contributed by atoms with Crippen molar-refractivity contribution in [2.45, 2.75) is 32.1 Å². The van der Waals surface area contributed by atoms with E-state index in [9.17, 15) is 23.0 Å². The molecule has 0 radical (unpaired) electrons. The molecule has 0 bridgehead atoms. The van der Waals surface area contributed by atoms with Gasteiger partial charge in [-0.15, -0.1) is 0 Å². The summed E-state index contributed by atoms with van der Waals surface area (Å²) in [6, 6.07) is 4.93. The zero-order chi connectivity index (χ0) is 19.3. The van der Waals surface area contributed by atoms with Crippen LogP contribution in [-0.2, 0) is 26.0 Å². The highest BCUT2D eigenvalue weighted by Crippen LogP contribution is 2.30. The molecular weight excluding hydrogens is 363 g/mol. The van der Waals surface area contributed by atoms with Crippen molar-refractivity contribution in [3.8, 4) is 5.75 Å². The first-order chi connectivity index (χ1) is 12.2. The third-order valence-electron chi connectivity index (χ3n) is 3.79. The minimum Gasteiger partial charge on any atom is -0.534 e. The number of sulfonamides is 1. The van der Waals surface area contributed by atoms with Crippen LogP contribution in [0, 0.1) is 0 Å². The molecular formula is C15H21BN2O7S. The van der Waals surface area contributed by atoms with E-state index in [1.165, 1.54) is 6.07 Å². The van der Waals surface area contributed by atoms with Crippen LogP contribution >= 0.6 is 0 Å². The van der Waals surface area contributed by atoms with E-state index < -0.39 is 35.0 Å². The molecule has 0 aromatic heterocycles. The van der Waals surface area contributed by atoms with Crippen LogP contribution in [0.1, 0.15) is 35.7 Å². The average Bonchev–Trinajstić information content (AvgIpc) is 2.54. The highest BCUT2D eigenvalue weighted by molar-refractivity contribution is 7.89. The van der Waals surface area contributed by atoms with Crippen molar-refractivity contribution >= 4 is 29.0 Å². The number of nitrogens with one attached hydrogen (secondary N) is 1. The molecule has 0 aliphatic carbocycles. The highest BCUT2D eigenvalue weighted by atomic mass is 32.2. The van der Waals surface area contributed by atoms with Gasteiger partial charge >= 0.3 is 13.1 Å². The maximum atomic E-state index is 12.0. The molecule has 9 nitrogen and oxygen atoms in total. The van der Waals surface area contributed by atoms with E-state index in [1.807, 2.05) is 0 Å². The Bertz CT molecular complexity index is 784. The number of para-hydroxylation sites is 1. The van der Waals surface area contributed by atoms with Crippen LogP contribution in [0.15, 0.2) is 18.2 Å². The van der Waals surface area contributed by atoms with E-state index in [1.54, 1.807) is 19.1 Å². The summed E-state index contributed by atoms with van der Waals surface area (Å²) in [6.07, 6.45) is 0.290. The first-order valence-corrected chi connectivity index (χ1v) is 9.86. The van der Waals surface area contributed by atoms with E-state index in [4.69, 9.17) is 14.5 Å². The van der Waals surface area contributed by atoms with Crippen molar-refractivity contribution in [1.29, 1.82) is 0 Å². The van der Waals surface area contributed by atoms with Crippen molar-refractivity contribution in [2.24, 2.45) is 5.14 Å². The topological polar surface area (TPSA) is 145 Å². The summed E-state index contributed by atoms with van der Waals surface area (Å²) in [5.41, 5.74) is 0.858. The van der Waals surface area contributed by atoms with Crippen LogP contribution < -0.4 is 15.1 Å². The molecule has 0 spiro atoms. The van der Waals surface area contributed by atoms with E-state index in [-0.39, 0.29) is 42.9 Å². The number of fused-ring (bicyclic) bond motifs is 1. The minimum atomic E-state index is -3.62. The predicted molar refractivity (Wildman–Crippen MR) is 93.8 cm³/mol. The maximum absolute atomic E-state index is 12.0. The number of hydrogen-bond acceptors (Lipinski definition) is 7. The number of amides is 1. The fourth-order valence-corrected chi connectivity index (χ4v) is 3.18. The molecule has 1 heterocycles. The Hall–Kier alpha value is -2.11. The summed E-state index contributed by atoms with van der Waals surface area (Å²) in [6.45, 7) is 1.90. The Morgan fingerprint density at radius 1 is 1.46 bits per heavy atom. The molecule has 142 valence electrons. The van der Waals surface area contributed by atoms with Gasteiger partial charge in [-0.25, -0.2) is 18.4 Å². The van der Waals surface area contributed by atoms with E-state index >= 15 is 0 Å². The zero-order valence-corrected chi connectivity index (χ0v) is 15.1. The van der Waals surface area contributed by atoms with Crippen molar-refractivity contribution < 1.29 is 32.4 Å². The number of carbonyl (C=O) groups is 2. The second-order valence-corrected chi connectivity index (χ2v) is 7.61. The Balaban J connectivity index is 2.02. The molecule has 0 unspecified atom stereocenters. The first kappa shape index (κ1) is 20.2. The lowest BCUT2D eigenvalue weighted by Crippen LogP contribution is -2.53. The highest BCUT2D eigenvalue weighted by Gasteiger charge is 2.37. The number of nitrogens with two attached hydrogens (primary N) is 1. The lowest BCUT2D eigenvalue weighted by atomic mass is 9.72. The minimum absolute atomic E-state index is 0.0463. The Morgan fingerprint density at radius 3 is 2.85 bits per heavy atom. The molecule has 1 aliphatic rings. The Labute approximate surface area is 152 Å². The van der Waals surface area contributed by atoms with Crippen LogP contribution in [-0.4, -0.2) is 50.7 Å². The molecule has 1 amide bonds. The SMILES string of the molecule is CCOC(=O)c1cccc2c1OB(O)[C@@H](NC(=O)CCCS(N)(=O)=O)C2. The summed E-state index contributed by atoms with van der Waals surface area (Å²) >= 11 is 0. The van der Waals surface area contributed by atoms with Crippen molar-refractivity contribution in [1.82, 2.24) is 5.32 Å². The molecule has 4 N–H and O–H groups in total. The third kappa shape index (κ3) is 5.45. The van der Waals surface area contributed by atoms with Crippen molar-refractivity contribution in [3.63, 3.8) is 0 Å². The molecule has 1 aliphatic heterocycles. The normalized spacial score (nSPS) is 16.4. The van der Waals surface area contributed by atoms with Gasteiger partial charge in [0.1, 0.15) is 11.3 Å². The number of carbonyl (C=O) groups excluding carboxylic acids is 2. The number of ether oxygens (including phenoxy) is 1. The van der Waals surface area contributed by atoms with Gasteiger partial charge in [-0.1, -0.05) is 12.1 Å².